The predicted molar refractivity (Wildman–Crippen MR) is 115 cm³/mol. The standard InChI is InChI=1S/C21H21N5O4S/c1-12-16(30-14-6-9-22-15(10-14)17-11-23-13(2)31-17)4-5-18(24-12)25-20(28)26-19(27)21(29-3)7-8-21/h4-6,9-11H,7-8H2,1-3H3,(H2,24,25,26,27,28). The highest BCUT2D eigenvalue weighted by molar-refractivity contribution is 7.15. The molecule has 9 nitrogen and oxygen atoms in total. The van der Waals surface area contributed by atoms with Gasteiger partial charge in [0.15, 0.2) is 0 Å². The number of nitrogens with zero attached hydrogens (tertiary/aromatic N) is 3. The van der Waals surface area contributed by atoms with Crippen LogP contribution in [-0.4, -0.2) is 39.6 Å². The van der Waals surface area contributed by atoms with Crippen LogP contribution in [0.25, 0.3) is 10.6 Å². The summed E-state index contributed by atoms with van der Waals surface area (Å²) >= 11 is 1.56. The molecule has 2 N–H and O–H groups in total. The minimum Gasteiger partial charge on any atom is -0.455 e. The van der Waals surface area contributed by atoms with E-state index in [0.717, 1.165) is 15.6 Å². The summed E-state index contributed by atoms with van der Waals surface area (Å²) in [6, 6.07) is 6.23. The molecule has 0 aromatic carbocycles. The molecule has 0 radical (unpaired) electrons. The molecule has 1 aliphatic carbocycles. The van der Waals surface area contributed by atoms with Crippen LogP contribution in [0.1, 0.15) is 23.5 Å². The number of nitrogens with one attached hydrogen (secondary N) is 2. The summed E-state index contributed by atoms with van der Waals surface area (Å²) < 4.78 is 11.1. The van der Waals surface area contributed by atoms with Crippen LogP contribution in [0.3, 0.4) is 0 Å². The van der Waals surface area contributed by atoms with E-state index in [-0.39, 0.29) is 0 Å². The molecule has 3 aromatic rings. The summed E-state index contributed by atoms with van der Waals surface area (Å²) in [5.41, 5.74) is 0.476. The molecule has 3 heterocycles. The number of pyridine rings is 2. The summed E-state index contributed by atoms with van der Waals surface area (Å²) in [6.45, 7) is 3.71. The van der Waals surface area contributed by atoms with Crippen molar-refractivity contribution >= 4 is 29.1 Å². The van der Waals surface area contributed by atoms with Crippen molar-refractivity contribution in [1.29, 1.82) is 0 Å². The molecule has 0 unspecified atom stereocenters. The molecule has 3 amide bonds. The van der Waals surface area contributed by atoms with Crippen molar-refractivity contribution < 1.29 is 19.1 Å². The summed E-state index contributed by atoms with van der Waals surface area (Å²) in [5.74, 6) is 0.997. The normalized spacial score (nSPS) is 14.0. The Morgan fingerprint density at radius 2 is 1.97 bits per heavy atom. The number of amides is 3. The Morgan fingerprint density at radius 3 is 2.61 bits per heavy atom. The van der Waals surface area contributed by atoms with E-state index in [2.05, 4.69) is 25.6 Å². The third-order valence-corrected chi connectivity index (χ3v) is 5.78. The molecule has 1 aliphatic rings. The van der Waals surface area contributed by atoms with Crippen LogP contribution in [0.5, 0.6) is 11.5 Å². The topological polar surface area (TPSA) is 115 Å². The third-order valence-electron chi connectivity index (χ3n) is 4.85. The van der Waals surface area contributed by atoms with Crippen molar-refractivity contribution in [3.05, 3.63) is 47.4 Å². The number of urea groups is 1. The Morgan fingerprint density at radius 1 is 1.16 bits per heavy atom. The molecule has 3 aromatic heterocycles. The van der Waals surface area contributed by atoms with E-state index in [1.54, 1.807) is 48.9 Å². The summed E-state index contributed by atoms with van der Waals surface area (Å²) in [6.07, 6.45) is 4.66. The average molecular weight is 439 g/mol. The number of anilines is 1. The Bertz CT molecular complexity index is 1140. The number of methoxy groups -OCH3 is 1. The first-order valence-electron chi connectivity index (χ1n) is 9.60. The second-order valence-corrected chi connectivity index (χ2v) is 8.34. The molecule has 1 fully saturated rings. The van der Waals surface area contributed by atoms with Crippen LogP contribution >= 0.6 is 11.3 Å². The lowest BCUT2D eigenvalue weighted by molar-refractivity contribution is -0.132. The molecule has 0 saturated heterocycles. The maximum absolute atomic E-state index is 12.1. The number of carbonyl (C=O) groups excluding carboxylic acids is 2. The number of hydrogen-bond donors (Lipinski definition) is 2. The van der Waals surface area contributed by atoms with Gasteiger partial charge in [-0.1, -0.05) is 0 Å². The molecular weight excluding hydrogens is 418 g/mol. The maximum atomic E-state index is 12.1. The molecule has 10 heteroatoms. The first-order chi connectivity index (χ1) is 14.9. The molecular formula is C21H21N5O4S. The van der Waals surface area contributed by atoms with Crippen LogP contribution < -0.4 is 15.4 Å². The van der Waals surface area contributed by atoms with E-state index >= 15 is 0 Å². The Balaban J connectivity index is 1.41. The fraction of sp³-hybridized carbons (Fsp3) is 0.286. The number of imide groups is 1. The van der Waals surface area contributed by atoms with Gasteiger partial charge in [0.1, 0.15) is 22.9 Å². The second-order valence-electron chi connectivity index (χ2n) is 7.11. The van der Waals surface area contributed by atoms with Crippen molar-refractivity contribution in [3.8, 4) is 22.1 Å². The zero-order chi connectivity index (χ0) is 22.0. The molecule has 1 saturated carbocycles. The van der Waals surface area contributed by atoms with Gasteiger partial charge in [-0.2, -0.15) is 0 Å². The van der Waals surface area contributed by atoms with E-state index < -0.39 is 17.5 Å². The van der Waals surface area contributed by atoms with Crippen LogP contribution in [0.4, 0.5) is 10.6 Å². The van der Waals surface area contributed by atoms with Crippen LogP contribution in [-0.2, 0) is 9.53 Å². The minimum atomic E-state index is -0.875. The Kier molecular flexibility index (Phi) is 5.66. The van der Waals surface area contributed by atoms with Crippen LogP contribution in [0, 0.1) is 13.8 Å². The number of aromatic nitrogens is 3. The van der Waals surface area contributed by atoms with Gasteiger partial charge in [-0.15, -0.1) is 11.3 Å². The van der Waals surface area contributed by atoms with Crippen molar-refractivity contribution in [3.63, 3.8) is 0 Å². The average Bonchev–Trinajstić information content (AvgIpc) is 3.44. The highest BCUT2D eigenvalue weighted by Crippen LogP contribution is 2.39. The van der Waals surface area contributed by atoms with Gasteiger partial charge in [0.25, 0.3) is 5.91 Å². The van der Waals surface area contributed by atoms with Crippen molar-refractivity contribution in [2.75, 3.05) is 12.4 Å². The molecule has 4 rings (SSSR count). The summed E-state index contributed by atoms with van der Waals surface area (Å²) in [7, 11) is 1.46. The number of hydrogen-bond acceptors (Lipinski definition) is 8. The van der Waals surface area contributed by atoms with E-state index in [1.807, 2.05) is 13.0 Å². The Hall–Kier alpha value is -3.37. The molecule has 0 aliphatic heterocycles. The molecule has 31 heavy (non-hydrogen) atoms. The fourth-order valence-corrected chi connectivity index (χ4v) is 3.69. The first kappa shape index (κ1) is 20.9. The zero-order valence-electron chi connectivity index (χ0n) is 17.3. The van der Waals surface area contributed by atoms with E-state index in [9.17, 15) is 9.59 Å². The number of rotatable bonds is 6. The monoisotopic (exact) mass is 439 g/mol. The fourth-order valence-electron chi connectivity index (χ4n) is 2.94. The van der Waals surface area contributed by atoms with Crippen molar-refractivity contribution in [2.45, 2.75) is 32.3 Å². The quantitative estimate of drug-likeness (QED) is 0.600. The number of thiazole rings is 1. The van der Waals surface area contributed by atoms with Crippen molar-refractivity contribution in [1.82, 2.24) is 20.3 Å². The van der Waals surface area contributed by atoms with E-state index in [1.165, 1.54) is 7.11 Å². The second kappa shape index (κ2) is 8.40. The van der Waals surface area contributed by atoms with E-state index in [0.29, 0.717) is 35.9 Å². The number of ether oxygens (including phenoxy) is 2. The van der Waals surface area contributed by atoms with Gasteiger partial charge >= 0.3 is 6.03 Å². The maximum Gasteiger partial charge on any atom is 0.327 e. The molecule has 0 spiro atoms. The van der Waals surface area contributed by atoms with Gasteiger partial charge < -0.3 is 9.47 Å². The molecule has 0 bridgehead atoms. The lowest BCUT2D eigenvalue weighted by atomic mass is 10.3. The number of carbonyl (C=O) groups is 2. The largest absolute Gasteiger partial charge is 0.455 e. The van der Waals surface area contributed by atoms with Crippen LogP contribution in [0.2, 0.25) is 0 Å². The molecule has 0 atom stereocenters. The first-order valence-corrected chi connectivity index (χ1v) is 10.4. The van der Waals surface area contributed by atoms with Gasteiger partial charge in [0.05, 0.1) is 21.3 Å². The number of aryl methyl sites for hydroxylation is 2. The predicted octanol–water partition coefficient (Wildman–Crippen LogP) is 3.84. The Labute approximate surface area is 182 Å². The molecule has 160 valence electrons. The lowest BCUT2D eigenvalue weighted by Gasteiger charge is -2.13. The third kappa shape index (κ3) is 4.70. The van der Waals surface area contributed by atoms with Crippen molar-refractivity contribution in [2.24, 2.45) is 0 Å². The lowest BCUT2D eigenvalue weighted by Crippen LogP contribution is -2.43. The smallest absolute Gasteiger partial charge is 0.327 e. The van der Waals surface area contributed by atoms with Gasteiger partial charge in [0.2, 0.25) is 0 Å². The SMILES string of the molecule is COC1(C(=O)NC(=O)Nc2ccc(Oc3ccnc(-c4cnc(C)s4)c3)c(C)n2)CC1. The highest BCUT2D eigenvalue weighted by Gasteiger charge is 2.51. The van der Waals surface area contributed by atoms with Gasteiger partial charge in [-0.05, 0) is 44.9 Å². The van der Waals surface area contributed by atoms with Gasteiger partial charge in [0, 0.05) is 25.6 Å². The highest BCUT2D eigenvalue weighted by atomic mass is 32.1. The summed E-state index contributed by atoms with van der Waals surface area (Å²) in [4.78, 5) is 38.1. The van der Waals surface area contributed by atoms with Crippen LogP contribution in [0.15, 0.2) is 36.7 Å². The van der Waals surface area contributed by atoms with E-state index in [4.69, 9.17) is 9.47 Å². The zero-order valence-corrected chi connectivity index (χ0v) is 18.1. The minimum absolute atomic E-state index is 0.299. The summed E-state index contributed by atoms with van der Waals surface area (Å²) in [5, 5.41) is 5.80. The van der Waals surface area contributed by atoms with Gasteiger partial charge in [-0.3, -0.25) is 20.4 Å². The van der Waals surface area contributed by atoms with Gasteiger partial charge in [-0.25, -0.2) is 14.8 Å².